The van der Waals surface area contributed by atoms with Crippen molar-refractivity contribution < 1.29 is 0 Å². The average Bonchev–Trinajstić information content (AvgIpc) is 2.44. The van der Waals surface area contributed by atoms with Gasteiger partial charge in [-0.1, -0.05) is 0 Å². The van der Waals surface area contributed by atoms with Gasteiger partial charge in [0.2, 0.25) is 5.82 Å². The molecule has 7 heteroatoms. The minimum absolute atomic E-state index is 0.0710. The lowest BCUT2D eigenvalue weighted by atomic mass is 10.5. The minimum atomic E-state index is -0.435. The molecule has 0 radical (unpaired) electrons. The van der Waals surface area contributed by atoms with Crippen molar-refractivity contribution in [2.24, 2.45) is 5.18 Å². The van der Waals surface area contributed by atoms with E-state index in [1.165, 1.54) is 0 Å². The first kappa shape index (κ1) is 6.65. The Labute approximate surface area is 64.8 Å². The van der Waals surface area contributed by atoms with Crippen molar-refractivity contribution >= 4 is 17.0 Å². The number of rotatable bonds is 1. The second kappa shape index (κ2) is 2.22. The van der Waals surface area contributed by atoms with Gasteiger partial charge in [0.1, 0.15) is 11.8 Å². The Morgan fingerprint density at radius 2 is 2.17 bits per heavy atom. The third kappa shape index (κ3) is 0.797. The predicted octanol–water partition coefficient (Wildman–Crippen LogP) is 0.0441. The van der Waals surface area contributed by atoms with E-state index in [1.807, 2.05) is 0 Å². The van der Waals surface area contributed by atoms with Gasteiger partial charge in [0, 0.05) is 0 Å². The largest absolute Gasteiger partial charge is 0.325 e. The monoisotopic (exact) mass is 165 g/mol. The summed E-state index contributed by atoms with van der Waals surface area (Å²) < 4.78 is 0. The highest BCUT2D eigenvalue weighted by molar-refractivity contribution is 5.79. The molecule has 0 aliphatic heterocycles. The summed E-state index contributed by atoms with van der Waals surface area (Å²) in [4.78, 5) is 32.9. The Balaban J connectivity index is 2.96. The molecule has 0 spiro atoms. The van der Waals surface area contributed by atoms with Crippen LogP contribution in [0.2, 0.25) is 0 Å². The lowest BCUT2D eigenvalue weighted by Crippen LogP contribution is -1.99. The molecule has 12 heavy (non-hydrogen) atoms. The van der Waals surface area contributed by atoms with Crippen LogP contribution < -0.4 is 5.69 Å². The van der Waals surface area contributed by atoms with Crippen molar-refractivity contribution in [3.63, 3.8) is 0 Å². The molecule has 0 saturated heterocycles. The average molecular weight is 165 g/mol. The summed E-state index contributed by atoms with van der Waals surface area (Å²) in [5, 5.41) is 2.62. The normalized spacial score (nSPS) is 10.3. The molecule has 2 heterocycles. The van der Waals surface area contributed by atoms with Crippen molar-refractivity contribution in [1.29, 1.82) is 0 Å². The molecular formula is C5H3N5O2. The summed E-state index contributed by atoms with van der Waals surface area (Å²) >= 11 is 0. The molecule has 60 valence electrons. The molecule has 0 amide bonds. The molecule has 2 rings (SSSR count). The van der Waals surface area contributed by atoms with Crippen molar-refractivity contribution in [1.82, 2.24) is 19.9 Å². The zero-order chi connectivity index (χ0) is 8.55. The molecule has 0 aromatic carbocycles. The van der Waals surface area contributed by atoms with Crippen LogP contribution in [0.25, 0.3) is 11.2 Å². The highest BCUT2D eigenvalue weighted by Crippen LogP contribution is 2.14. The van der Waals surface area contributed by atoms with E-state index >= 15 is 0 Å². The second-order valence-corrected chi connectivity index (χ2v) is 2.09. The van der Waals surface area contributed by atoms with E-state index in [2.05, 4.69) is 25.1 Å². The maximum absolute atomic E-state index is 10.7. The summed E-state index contributed by atoms with van der Waals surface area (Å²) in [6.45, 7) is 0. The first-order chi connectivity index (χ1) is 5.81. The number of nitrogens with one attached hydrogen (secondary N) is 2. The van der Waals surface area contributed by atoms with E-state index in [0.29, 0.717) is 0 Å². The molecule has 0 bridgehead atoms. The summed E-state index contributed by atoms with van der Waals surface area (Å²) in [7, 11) is 0. The minimum Gasteiger partial charge on any atom is -0.301 e. The first-order valence-electron chi connectivity index (χ1n) is 3.07. The first-order valence-corrected chi connectivity index (χ1v) is 3.07. The molecule has 0 aliphatic rings. The topological polar surface area (TPSA) is 104 Å². The van der Waals surface area contributed by atoms with Crippen LogP contribution in [-0.2, 0) is 0 Å². The standard InChI is InChI=1S/C5H3N5O2/c11-5-8-2-3(9-5)6-1-7-4(2)10-12/h1H,(H2,6,7,8,9,11). The number of H-pyrrole nitrogens is 2. The van der Waals surface area contributed by atoms with Crippen LogP contribution in [-0.4, -0.2) is 19.9 Å². The van der Waals surface area contributed by atoms with Crippen molar-refractivity contribution in [2.45, 2.75) is 0 Å². The summed E-state index contributed by atoms with van der Waals surface area (Å²) in [5.74, 6) is -0.0710. The van der Waals surface area contributed by atoms with Crippen molar-refractivity contribution in [3.8, 4) is 0 Å². The van der Waals surface area contributed by atoms with E-state index in [0.717, 1.165) is 6.33 Å². The number of hydrogen-bond donors (Lipinski definition) is 2. The number of nitroso groups, excluding NO2 is 1. The maximum atomic E-state index is 10.7. The second-order valence-electron chi connectivity index (χ2n) is 2.09. The van der Waals surface area contributed by atoms with E-state index in [-0.39, 0.29) is 17.0 Å². The Morgan fingerprint density at radius 1 is 1.33 bits per heavy atom. The third-order valence-corrected chi connectivity index (χ3v) is 1.38. The maximum Gasteiger partial charge on any atom is 0.325 e. The highest BCUT2D eigenvalue weighted by Gasteiger charge is 2.05. The fourth-order valence-corrected chi connectivity index (χ4v) is 0.908. The number of imidazole rings is 1. The lowest BCUT2D eigenvalue weighted by Gasteiger charge is -1.87. The van der Waals surface area contributed by atoms with Crippen LogP contribution in [0, 0.1) is 4.91 Å². The molecule has 2 aromatic heterocycles. The highest BCUT2D eigenvalue weighted by atomic mass is 16.3. The molecule has 0 fully saturated rings. The quantitative estimate of drug-likeness (QED) is 0.582. The van der Waals surface area contributed by atoms with Gasteiger partial charge in [-0.3, -0.25) is 4.98 Å². The van der Waals surface area contributed by atoms with Gasteiger partial charge in [0.05, 0.1) is 0 Å². The molecule has 7 nitrogen and oxygen atoms in total. The SMILES string of the molecule is O=Nc1ncnc2[nH]c(=O)[nH]c12. The van der Waals surface area contributed by atoms with E-state index in [4.69, 9.17) is 0 Å². The van der Waals surface area contributed by atoms with Crippen molar-refractivity contribution in [3.05, 3.63) is 21.7 Å². The third-order valence-electron chi connectivity index (χ3n) is 1.38. The van der Waals surface area contributed by atoms with Gasteiger partial charge < -0.3 is 4.98 Å². The molecule has 2 aromatic rings. The predicted molar refractivity (Wildman–Crippen MR) is 40.0 cm³/mol. The fraction of sp³-hybridized carbons (Fsp3) is 0. The van der Waals surface area contributed by atoms with Crippen LogP contribution >= 0.6 is 0 Å². The zero-order valence-corrected chi connectivity index (χ0v) is 5.74. The van der Waals surface area contributed by atoms with Crippen LogP contribution in [0.1, 0.15) is 0 Å². The van der Waals surface area contributed by atoms with Gasteiger partial charge in [-0.05, 0) is 5.18 Å². The van der Waals surface area contributed by atoms with Gasteiger partial charge >= 0.3 is 5.69 Å². The van der Waals surface area contributed by atoms with Crippen molar-refractivity contribution in [2.75, 3.05) is 0 Å². The summed E-state index contributed by atoms with van der Waals surface area (Å²) in [6, 6.07) is 0. The number of aromatic amines is 2. The fourth-order valence-electron chi connectivity index (χ4n) is 0.908. The molecule has 2 N–H and O–H groups in total. The summed E-state index contributed by atoms with van der Waals surface area (Å²) in [5.41, 5.74) is 0.0810. The zero-order valence-electron chi connectivity index (χ0n) is 5.74. The Kier molecular flexibility index (Phi) is 1.23. The Bertz CT molecular complexity index is 484. The van der Waals surface area contributed by atoms with Gasteiger partial charge in [-0.15, -0.1) is 4.91 Å². The number of aromatic nitrogens is 4. The lowest BCUT2D eigenvalue weighted by molar-refractivity contribution is 1.17. The van der Waals surface area contributed by atoms with Crippen LogP contribution in [0.5, 0.6) is 0 Å². The van der Waals surface area contributed by atoms with Gasteiger partial charge in [-0.25, -0.2) is 14.8 Å². The summed E-state index contributed by atoms with van der Waals surface area (Å²) in [6.07, 6.45) is 1.16. The van der Waals surface area contributed by atoms with Gasteiger partial charge in [0.15, 0.2) is 5.65 Å². The number of nitrogens with zero attached hydrogens (tertiary/aromatic N) is 3. The number of hydrogen-bond acceptors (Lipinski definition) is 5. The van der Waals surface area contributed by atoms with Crippen LogP contribution in [0.4, 0.5) is 5.82 Å². The molecule has 0 atom stereocenters. The van der Waals surface area contributed by atoms with Gasteiger partial charge in [-0.2, -0.15) is 0 Å². The van der Waals surface area contributed by atoms with Crippen LogP contribution in [0.15, 0.2) is 16.3 Å². The molecule has 0 aliphatic carbocycles. The van der Waals surface area contributed by atoms with E-state index in [1.54, 1.807) is 0 Å². The molecule has 0 unspecified atom stereocenters. The molecular weight excluding hydrogens is 162 g/mol. The van der Waals surface area contributed by atoms with Gasteiger partial charge in [0.25, 0.3) is 0 Å². The van der Waals surface area contributed by atoms with Crippen LogP contribution in [0.3, 0.4) is 0 Å². The Morgan fingerprint density at radius 3 is 2.92 bits per heavy atom. The number of fused-ring (bicyclic) bond motifs is 1. The van der Waals surface area contributed by atoms with E-state index in [9.17, 15) is 9.70 Å². The Hall–Kier alpha value is -2.05. The van der Waals surface area contributed by atoms with E-state index < -0.39 is 5.69 Å². The smallest absolute Gasteiger partial charge is 0.301 e. The molecule has 0 saturated carbocycles.